The van der Waals surface area contributed by atoms with Crippen molar-refractivity contribution in [3.8, 4) is 0 Å². The predicted octanol–water partition coefficient (Wildman–Crippen LogP) is 5.07. The first-order valence-corrected chi connectivity index (χ1v) is 7.16. The van der Waals surface area contributed by atoms with Crippen LogP contribution in [-0.4, -0.2) is 5.11 Å². The molecule has 0 heterocycles. The second kappa shape index (κ2) is 6.25. The highest BCUT2D eigenvalue weighted by Gasteiger charge is 2.03. The van der Waals surface area contributed by atoms with Gasteiger partial charge in [-0.3, -0.25) is 0 Å². The summed E-state index contributed by atoms with van der Waals surface area (Å²) in [5.41, 5.74) is 5.49. The molecule has 0 fully saturated rings. The van der Waals surface area contributed by atoms with Crippen molar-refractivity contribution >= 4 is 40.3 Å². The highest BCUT2D eigenvalue weighted by Crippen LogP contribution is 2.21. The van der Waals surface area contributed by atoms with Crippen molar-refractivity contribution < 1.29 is 0 Å². The maximum Gasteiger partial charge on any atom is 0.175 e. The van der Waals surface area contributed by atoms with E-state index in [4.69, 9.17) is 23.8 Å². The van der Waals surface area contributed by atoms with Crippen molar-refractivity contribution in [1.29, 1.82) is 0 Å². The first-order chi connectivity index (χ1) is 9.45. The van der Waals surface area contributed by atoms with Gasteiger partial charge in [-0.25, -0.2) is 0 Å². The van der Waals surface area contributed by atoms with Crippen LogP contribution in [-0.2, 0) is 0 Å². The molecule has 104 valence electrons. The minimum absolute atomic E-state index is 0.554. The molecule has 0 aromatic heterocycles. The molecule has 2 N–H and O–H groups in total. The van der Waals surface area contributed by atoms with Crippen LogP contribution in [0.2, 0.25) is 5.02 Å². The van der Waals surface area contributed by atoms with Crippen LogP contribution in [0.25, 0.3) is 0 Å². The summed E-state index contributed by atoms with van der Waals surface area (Å²) in [6.45, 7) is 6.18. The standard InChI is InChI=1S/C16H17ClN2S/c1-10-5-7-14(8-12(10)3)18-16(20)19-15-9-13(17)6-4-11(15)2/h4-9H,1-3H3,(H2,18,19,20). The van der Waals surface area contributed by atoms with E-state index in [9.17, 15) is 0 Å². The highest BCUT2D eigenvalue weighted by molar-refractivity contribution is 7.80. The van der Waals surface area contributed by atoms with Gasteiger partial charge in [-0.1, -0.05) is 23.7 Å². The molecule has 0 aliphatic carbocycles. The minimum atomic E-state index is 0.554. The number of nitrogens with one attached hydrogen (secondary N) is 2. The molecule has 4 heteroatoms. The lowest BCUT2D eigenvalue weighted by Crippen LogP contribution is -2.19. The van der Waals surface area contributed by atoms with E-state index in [1.54, 1.807) is 0 Å². The van der Waals surface area contributed by atoms with Gasteiger partial charge in [-0.2, -0.15) is 0 Å². The van der Waals surface area contributed by atoms with Crippen molar-refractivity contribution in [2.45, 2.75) is 20.8 Å². The van der Waals surface area contributed by atoms with Crippen molar-refractivity contribution in [2.75, 3.05) is 10.6 Å². The predicted molar refractivity (Wildman–Crippen MR) is 91.9 cm³/mol. The van der Waals surface area contributed by atoms with E-state index in [2.05, 4.69) is 36.6 Å². The van der Waals surface area contributed by atoms with Crippen LogP contribution in [0.15, 0.2) is 36.4 Å². The Morgan fingerprint density at radius 2 is 1.60 bits per heavy atom. The molecule has 0 atom stereocenters. The maximum atomic E-state index is 5.99. The largest absolute Gasteiger partial charge is 0.332 e. The van der Waals surface area contributed by atoms with Crippen molar-refractivity contribution in [3.63, 3.8) is 0 Å². The molecule has 0 spiro atoms. The summed E-state index contributed by atoms with van der Waals surface area (Å²) in [6, 6.07) is 11.9. The summed E-state index contributed by atoms with van der Waals surface area (Å²) in [7, 11) is 0. The molecule has 2 aromatic carbocycles. The quantitative estimate of drug-likeness (QED) is 0.757. The molecule has 0 amide bonds. The number of anilines is 2. The fourth-order valence-electron chi connectivity index (χ4n) is 1.83. The first kappa shape index (κ1) is 14.8. The van der Waals surface area contributed by atoms with Crippen molar-refractivity contribution in [3.05, 3.63) is 58.1 Å². The van der Waals surface area contributed by atoms with Crippen LogP contribution in [0.3, 0.4) is 0 Å². The molecule has 0 aliphatic rings. The van der Waals surface area contributed by atoms with Gasteiger partial charge in [0.2, 0.25) is 0 Å². The molecule has 0 aliphatic heterocycles. The number of aryl methyl sites for hydroxylation is 3. The van der Waals surface area contributed by atoms with Gasteiger partial charge in [-0.05, 0) is 73.9 Å². The van der Waals surface area contributed by atoms with E-state index >= 15 is 0 Å². The van der Waals surface area contributed by atoms with Crippen molar-refractivity contribution in [2.24, 2.45) is 0 Å². The van der Waals surface area contributed by atoms with Gasteiger partial charge in [0.15, 0.2) is 5.11 Å². The molecular weight excluding hydrogens is 288 g/mol. The summed E-state index contributed by atoms with van der Waals surface area (Å²) in [6.07, 6.45) is 0. The molecule has 0 saturated heterocycles. The van der Waals surface area contributed by atoms with E-state index < -0.39 is 0 Å². The van der Waals surface area contributed by atoms with Crippen molar-refractivity contribution in [1.82, 2.24) is 0 Å². The second-order valence-electron chi connectivity index (χ2n) is 4.84. The Morgan fingerprint density at radius 3 is 2.30 bits per heavy atom. The number of benzene rings is 2. The Bertz CT molecular complexity index is 653. The third-order valence-corrected chi connectivity index (χ3v) is 3.65. The number of hydrogen-bond acceptors (Lipinski definition) is 1. The number of hydrogen-bond donors (Lipinski definition) is 2. The molecule has 0 radical (unpaired) electrons. The number of rotatable bonds is 2. The lowest BCUT2D eigenvalue weighted by atomic mass is 10.1. The molecule has 2 nitrogen and oxygen atoms in total. The molecule has 0 saturated carbocycles. The van der Waals surface area contributed by atoms with Crippen LogP contribution in [0.1, 0.15) is 16.7 Å². The molecule has 0 bridgehead atoms. The number of halogens is 1. The second-order valence-corrected chi connectivity index (χ2v) is 5.68. The smallest absolute Gasteiger partial charge is 0.175 e. The average molecular weight is 305 g/mol. The fourth-order valence-corrected chi connectivity index (χ4v) is 2.23. The molecule has 20 heavy (non-hydrogen) atoms. The van der Waals surface area contributed by atoms with E-state index in [0.717, 1.165) is 16.9 Å². The summed E-state index contributed by atoms with van der Waals surface area (Å²) in [5, 5.41) is 7.59. The van der Waals surface area contributed by atoms with E-state index in [1.807, 2.05) is 31.2 Å². The van der Waals surface area contributed by atoms with Crippen LogP contribution < -0.4 is 10.6 Å². The zero-order valence-corrected chi connectivity index (χ0v) is 13.3. The third-order valence-electron chi connectivity index (χ3n) is 3.21. The Balaban J connectivity index is 2.09. The van der Waals surface area contributed by atoms with Gasteiger partial charge >= 0.3 is 0 Å². The van der Waals surface area contributed by atoms with Crippen LogP contribution in [0.5, 0.6) is 0 Å². The Hall–Kier alpha value is -1.58. The Kier molecular flexibility index (Phi) is 4.63. The SMILES string of the molecule is Cc1ccc(NC(=S)Nc2cc(Cl)ccc2C)cc1C. The van der Waals surface area contributed by atoms with Crippen LogP contribution in [0, 0.1) is 20.8 Å². The normalized spacial score (nSPS) is 10.2. The summed E-state index contributed by atoms with van der Waals surface area (Å²) in [4.78, 5) is 0. The Labute approximate surface area is 130 Å². The van der Waals surface area contributed by atoms with E-state index in [0.29, 0.717) is 10.1 Å². The molecule has 0 unspecified atom stereocenters. The highest BCUT2D eigenvalue weighted by atomic mass is 35.5. The van der Waals surface area contributed by atoms with Crippen LogP contribution >= 0.6 is 23.8 Å². The average Bonchev–Trinajstić information content (AvgIpc) is 2.38. The third kappa shape index (κ3) is 3.71. The summed E-state index contributed by atoms with van der Waals surface area (Å²) < 4.78 is 0. The number of thiocarbonyl (C=S) groups is 1. The lowest BCUT2D eigenvalue weighted by Gasteiger charge is -2.13. The van der Waals surface area contributed by atoms with E-state index in [-0.39, 0.29) is 0 Å². The summed E-state index contributed by atoms with van der Waals surface area (Å²) in [5.74, 6) is 0. The van der Waals surface area contributed by atoms with Gasteiger partial charge in [-0.15, -0.1) is 0 Å². The van der Waals surface area contributed by atoms with Gasteiger partial charge in [0.05, 0.1) is 0 Å². The molecule has 2 aromatic rings. The zero-order chi connectivity index (χ0) is 14.7. The summed E-state index contributed by atoms with van der Waals surface area (Å²) >= 11 is 11.3. The van der Waals surface area contributed by atoms with Gasteiger partial charge in [0.25, 0.3) is 0 Å². The Morgan fingerprint density at radius 1 is 0.900 bits per heavy atom. The van der Waals surface area contributed by atoms with E-state index in [1.165, 1.54) is 11.1 Å². The molecule has 2 rings (SSSR count). The fraction of sp³-hybridized carbons (Fsp3) is 0.188. The van der Waals surface area contributed by atoms with Gasteiger partial charge < -0.3 is 10.6 Å². The maximum absolute atomic E-state index is 5.99. The first-order valence-electron chi connectivity index (χ1n) is 6.37. The minimum Gasteiger partial charge on any atom is -0.332 e. The molecular formula is C16H17ClN2S. The topological polar surface area (TPSA) is 24.1 Å². The lowest BCUT2D eigenvalue weighted by molar-refractivity contribution is 1.34. The van der Waals surface area contributed by atoms with Gasteiger partial charge in [0.1, 0.15) is 0 Å². The zero-order valence-electron chi connectivity index (χ0n) is 11.8. The van der Waals surface area contributed by atoms with Gasteiger partial charge in [0, 0.05) is 16.4 Å². The van der Waals surface area contributed by atoms with Crippen LogP contribution in [0.4, 0.5) is 11.4 Å². The monoisotopic (exact) mass is 304 g/mol.